The summed E-state index contributed by atoms with van der Waals surface area (Å²) < 4.78 is 10.5. The number of carbonyl (C=O) groups excluding carboxylic acids is 1. The van der Waals surface area contributed by atoms with Crippen LogP contribution in [-0.4, -0.2) is 62.1 Å². The highest BCUT2D eigenvalue weighted by Crippen LogP contribution is 2.24. The highest BCUT2D eigenvalue weighted by Gasteiger charge is 2.27. The molecule has 0 unspecified atom stereocenters. The van der Waals surface area contributed by atoms with Crippen LogP contribution in [0.25, 0.3) is 6.08 Å². The van der Waals surface area contributed by atoms with Gasteiger partial charge in [-0.2, -0.15) is 0 Å². The topological polar surface area (TPSA) is 42.0 Å². The molecular weight excluding hydrogens is 316 g/mol. The van der Waals surface area contributed by atoms with Crippen molar-refractivity contribution in [1.29, 1.82) is 0 Å². The Balaban J connectivity index is 1.56. The van der Waals surface area contributed by atoms with Crippen molar-refractivity contribution in [3.63, 3.8) is 0 Å². The summed E-state index contributed by atoms with van der Waals surface area (Å²) in [4.78, 5) is 17.0. The first-order valence-electron chi connectivity index (χ1n) is 9.13. The molecule has 0 bridgehead atoms. The molecule has 136 valence electrons. The van der Waals surface area contributed by atoms with Crippen LogP contribution in [0.3, 0.4) is 0 Å². The van der Waals surface area contributed by atoms with Crippen molar-refractivity contribution in [1.82, 2.24) is 9.80 Å². The number of hydrogen-bond donors (Lipinski definition) is 0. The smallest absolute Gasteiger partial charge is 0.246 e. The Hall–Kier alpha value is -2.01. The van der Waals surface area contributed by atoms with E-state index in [9.17, 15) is 4.79 Å². The Labute approximate surface area is 150 Å². The third-order valence-corrected chi connectivity index (χ3v) is 5.23. The third-order valence-electron chi connectivity index (χ3n) is 5.23. The molecule has 0 saturated carbocycles. The van der Waals surface area contributed by atoms with E-state index in [1.807, 2.05) is 29.2 Å². The normalized spacial score (nSPS) is 19.5. The molecule has 5 heteroatoms. The van der Waals surface area contributed by atoms with Gasteiger partial charge in [0.15, 0.2) is 0 Å². The van der Waals surface area contributed by atoms with Crippen LogP contribution in [0.1, 0.15) is 31.2 Å². The van der Waals surface area contributed by atoms with Gasteiger partial charge in [-0.25, -0.2) is 0 Å². The van der Waals surface area contributed by atoms with E-state index < -0.39 is 0 Å². The third kappa shape index (κ3) is 4.54. The molecule has 1 aromatic rings. The van der Waals surface area contributed by atoms with E-state index in [4.69, 9.17) is 9.47 Å². The molecule has 1 amide bonds. The quantitative estimate of drug-likeness (QED) is 0.771. The number of carbonyl (C=O) groups is 1. The molecule has 2 aliphatic rings. The summed E-state index contributed by atoms with van der Waals surface area (Å²) in [5.74, 6) is 1.53. The van der Waals surface area contributed by atoms with Crippen LogP contribution >= 0.6 is 0 Å². The molecule has 0 radical (unpaired) electrons. The molecular formula is C20H28N2O3. The summed E-state index contributed by atoms with van der Waals surface area (Å²) in [5.41, 5.74) is 0.900. The van der Waals surface area contributed by atoms with E-state index in [0.717, 1.165) is 43.0 Å². The summed E-state index contributed by atoms with van der Waals surface area (Å²) in [6.45, 7) is 4.17. The van der Waals surface area contributed by atoms with Crippen molar-refractivity contribution in [3.05, 3.63) is 29.8 Å². The minimum atomic E-state index is 0.0849. The minimum absolute atomic E-state index is 0.0849. The van der Waals surface area contributed by atoms with E-state index >= 15 is 0 Å². The van der Waals surface area contributed by atoms with Gasteiger partial charge in [-0.3, -0.25) is 4.79 Å². The number of hydrogen-bond acceptors (Lipinski definition) is 4. The van der Waals surface area contributed by atoms with Crippen molar-refractivity contribution in [2.45, 2.75) is 31.7 Å². The van der Waals surface area contributed by atoms with Gasteiger partial charge in [-0.15, -0.1) is 0 Å². The van der Waals surface area contributed by atoms with Crippen LogP contribution in [0.15, 0.2) is 24.3 Å². The fourth-order valence-electron chi connectivity index (χ4n) is 3.76. The maximum atomic E-state index is 12.5. The Morgan fingerprint density at radius 1 is 1.00 bits per heavy atom. The molecule has 2 aliphatic heterocycles. The number of piperidine rings is 1. The zero-order chi connectivity index (χ0) is 17.6. The number of methoxy groups -OCH3 is 2. The maximum Gasteiger partial charge on any atom is 0.246 e. The first-order valence-corrected chi connectivity index (χ1v) is 9.13. The minimum Gasteiger partial charge on any atom is -0.497 e. The summed E-state index contributed by atoms with van der Waals surface area (Å²) in [5, 5.41) is 0. The molecule has 3 rings (SSSR count). The molecule has 5 nitrogen and oxygen atoms in total. The van der Waals surface area contributed by atoms with Crippen LogP contribution < -0.4 is 9.47 Å². The number of benzene rings is 1. The van der Waals surface area contributed by atoms with Crippen LogP contribution in [0.4, 0.5) is 0 Å². The second-order valence-corrected chi connectivity index (χ2v) is 6.78. The lowest BCUT2D eigenvalue weighted by atomic mass is 10.0. The summed E-state index contributed by atoms with van der Waals surface area (Å²) in [6, 6.07) is 6.28. The molecule has 0 N–H and O–H groups in total. The Morgan fingerprint density at radius 3 is 2.16 bits per heavy atom. The van der Waals surface area contributed by atoms with Gasteiger partial charge in [-0.1, -0.05) is 0 Å². The fourth-order valence-corrected chi connectivity index (χ4v) is 3.76. The molecule has 2 heterocycles. The summed E-state index contributed by atoms with van der Waals surface area (Å²) in [6.07, 6.45) is 8.32. The molecule has 0 aliphatic carbocycles. The lowest BCUT2D eigenvalue weighted by Gasteiger charge is -2.36. The van der Waals surface area contributed by atoms with Gasteiger partial charge in [0, 0.05) is 31.3 Å². The second-order valence-electron chi connectivity index (χ2n) is 6.78. The first kappa shape index (κ1) is 17.8. The van der Waals surface area contributed by atoms with Gasteiger partial charge in [0.2, 0.25) is 5.91 Å². The van der Waals surface area contributed by atoms with Gasteiger partial charge < -0.3 is 19.3 Å². The highest BCUT2D eigenvalue weighted by atomic mass is 16.5. The van der Waals surface area contributed by atoms with E-state index in [1.54, 1.807) is 20.3 Å². The lowest BCUT2D eigenvalue weighted by Crippen LogP contribution is -2.45. The van der Waals surface area contributed by atoms with Crippen molar-refractivity contribution < 1.29 is 14.3 Å². The van der Waals surface area contributed by atoms with Crippen LogP contribution in [0.5, 0.6) is 11.5 Å². The van der Waals surface area contributed by atoms with Gasteiger partial charge in [0.05, 0.1) is 14.2 Å². The Kier molecular flexibility index (Phi) is 5.97. The van der Waals surface area contributed by atoms with Gasteiger partial charge >= 0.3 is 0 Å². The zero-order valence-corrected chi connectivity index (χ0v) is 15.2. The lowest BCUT2D eigenvalue weighted by molar-refractivity contribution is -0.127. The van der Waals surface area contributed by atoms with Crippen molar-refractivity contribution >= 4 is 12.0 Å². The largest absolute Gasteiger partial charge is 0.497 e. The van der Waals surface area contributed by atoms with Crippen molar-refractivity contribution in [2.75, 3.05) is 40.4 Å². The average molecular weight is 344 g/mol. The Bertz CT molecular complexity index is 593. The number of ether oxygens (including phenoxy) is 2. The average Bonchev–Trinajstić information content (AvgIpc) is 3.20. The van der Waals surface area contributed by atoms with E-state index in [2.05, 4.69) is 4.90 Å². The monoisotopic (exact) mass is 344 g/mol. The number of likely N-dealkylation sites (tertiary alicyclic amines) is 2. The van der Waals surface area contributed by atoms with Gasteiger partial charge in [0.1, 0.15) is 11.5 Å². The van der Waals surface area contributed by atoms with Crippen LogP contribution in [-0.2, 0) is 4.79 Å². The predicted octanol–water partition coefficient (Wildman–Crippen LogP) is 2.80. The number of rotatable bonds is 5. The van der Waals surface area contributed by atoms with Crippen molar-refractivity contribution in [3.8, 4) is 11.5 Å². The van der Waals surface area contributed by atoms with Crippen molar-refractivity contribution in [2.24, 2.45) is 0 Å². The standard InChI is InChI=1S/C20H28N2O3/c1-24-18-13-16(14-19(15-18)25-2)5-6-20(23)22-11-7-17(8-12-22)21-9-3-4-10-21/h5-6,13-15,17H,3-4,7-12H2,1-2H3. The fraction of sp³-hybridized carbons (Fsp3) is 0.550. The molecule has 2 saturated heterocycles. The van der Waals surface area contributed by atoms with Gasteiger partial charge in [0.25, 0.3) is 0 Å². The first-order chi connectivity index (χ1) is 12.2. The molecule has 0 spiro atoms. The molecule has 0 aromatic heterocycles. The SMILES string of the molecule is COc1cc(C=CC(=O)N2CCC(N3CCCC3)CC2)cc(OC)c1. The summed E-state index contributed by atoms with van der Waals surface area (Å²) >= 11 is 0. The molecule has 25 heavy (non-hydrogen) atoms. The molecule has 1 aromatic carbocycles. The van der Waals surface area contributed by atoms with Gasteiger partial charge in [-0.05, 0) is 62.5 Å². The highest BCUT2D eigenvalue weighted by molar-refractivity contribution is 5.92. The zero-order valence-electron chi connectivity index (χ0n) is 15.2. The van der Waals surface area contributed by atoms with E-state index in [0.29, 0.717) is 6.04 Å². The predicted molar refractivity (Wildman–Crippen MR) is 99.0 cm³/mol. The van der Waals surface area contributed by atoms with Crippen LogP contribution in [0.2, 0.25) is 0 Å². The number of nitrogens with zero attached hydrogens (tertiary/aromatic N) is 2. The van der Waals surface area contributed by atoms with E-state index in [1.165, 1.54) is 25.9 Å². The molecule has 2 fully saturated rings. The molecule has 0 atom stereocenters. The van der Waals surface area contributed by atoms with E-state index in [-0.39, 0.29) is 5.91 Å². The maximum absolute atomic E-state index is 12.5. The summed E-state index contributed by atoms with van der Waals surface area (Å²) in [7, 11) is 3.25. The van der Waals surface area contributed by atoms with Crippen LogP contribution in [0, 0.1) is 0 Å². The number of amides is 1. The Morgan fingerprint density at radius 2 is 1.60 bits per heavy atom. The second kappa shape index (κ2) is 8.39.